The van der Waals surface area contributed by atoms with Crippen LogP contribution in [-0.2, 0) is 9.53 Å². The van der Waals surface area contributed by atoms with Gasteiger partial charge in [0.15, 0.2) is 6.61 Å². The number of rotatable bonds is 7. The number of hydrogen-bond donors (Lipinski definition) is 1. The maximum atomic E-state index is 12.4. The standard InChI is InChI=1S/C20H19N3O5S/c1-12-18(29-19(22-12)14-6-4-5-9-21-14)20(25)28-11-17(24)23-15-10-13(26-2)7-8-16(15)27-3/h4-10H,11H2,1-3H3,(H,23,24). The molecular formula is C20H19N3O5S. The molecule has 0 saturated carbocycles. The fraction of sp³-hybridized carbons (Fsp3) is 0.200. The van der Waals surface area contributed by atoms with Gasteiger partial charge in [-0.1, -0.05) is 6.07 Å². The summed E-state index contributed by atoms with van der Waals surface area (Å²) in [6.07, 6.45) is 1.65. The van der Waals surface area contributed by atoms with Gasteiger partial charge in [-0.3, -0.25) is 9.78 Å². The van der Waals surface area contributed by atoms with Crippen LogP contribution in [0.1, 0.15) is 15.4 Å². The van der Waals surface area contributed by atoms with Gasteiger partial charge in [0, 0.05) is 12.3 Å². The lowest BCUT2D eigenvalue weighted by atomic mass is 10.2. The highest BCUT2D eigenvalue weighted by Crippen LogP contribution is 2.29. The average molecular weight is 413 g/mol. The molecule has 9 heteroatoms. The van der Waals surface area contributed by atoms with Gasteiger partial charge in [-0.25, -0.2) is 9.78 Å². The van der Waals surface area contributed by atoms with Gasteiger partial charge in [0.2, 0.25) is 0 Å². The second kappa shape index (κ2) is 9.16. The predicted octanol–water partition coefficient (Wildman–Crippen LogP) is 3.33. The number of benzene rings is 1. The van der Waals surface area contributed by atoms with E-state index in [9.17, 15) is 9.59 Å². The first-order valence-corrected chi connectivity index (χ1v) is 9.41. The van der Waals surface area contributed by atoms with E-state index in [1.165, 1.54) is 25.6 Å². The third-order valence-electron chi connectivity index (χ3n) is 3.88. The van der Waals surface area contributed by atoms with Crippen LogP contribution in [0.4, 0.5) is 5.69 Å². The normalized spacial score (nSPS) is 10.3. The van der Waals surface area contributed by atoms with Gasteiger partial charge >= 0.3 is 5.97 Å². The van der Waals surface area contributed by atoms with Crippen molar-refractivity contribution in [2.45, 2.75) is 6.92 Å². The van der Waals surface area contributed by atoms with Crippen LogP contribution in [-0.4, -0.2) is 42.7 Å². The minimum Gasteiger partial charge on any atom is -0.497 e. The number of aryl methyl sites for hydroxylation is 1. The molecule has 0 bridgehead atoms. The first-order chi connectivity index (χ1) is 14.0. The zero-order chi connectivity index (χ0) is 20.8. The Morgan fingerprint density at radius 1 is 1.14 bits per heavy atom. The Balaban J connectivity index is 1.64. The van der Waals surface area contributed by atoms with Crippen molar-refractivity contribution in [3.63, 3.8) is 0 Å². The Kier molecular flexibility index (Phi) is 6.40. The molecule has 1 N–H and O–H groups in total. The molecule has 0 spiro atoms. The van der Waals surface area contributed by atoms with Gasteiger partial charge in [0.25, 0.3) is 5.91 Å². The van der Waals surface area contributed by atoms with Crippen molar-refractivity contribution in [3.8, 4) is 22.2 Å². The quantitative estimate of drug-likeness (QED) is 0.593. The molecule has 3 rings (SSSR count). The van der Waals surface area contributed by atoms with Crippen LogP contribution in [0.3, 0.4) is 0 Å². The molecule has 0 aliphatic carbocycles. The summed E-state index contributed by atoms with van der Waals surface area (Å²) >= 11 is 1.17. The van der Waals surface area contributed by atoms with E-state index in [2.05, 4.69) is 15.3 Å². The van der Waals surface area contributed by atoms with Gasteiger partial charge in [0.05, 0.1) is 31.3 Å². The molecular weight excluding hydrogens is 394 g/mol. The lowest BCUT2D eigenvalue weighted by Crippen LogP contribution is -2.21. The van der Waals surface area contributed by atoms with E-state index in [4.69, 9.17) is 14.2 Å². The first kappa shape index (κ1) is 20.3. The summed E-state index contributed by atoms with van der Waals surface area (Å²) in [6, 6.07) is 10.4. The Bertz CT molecular complexity index is 1020. The van der Waals surface area contributed by atoms with Gasteiger partial charge < -0.3 is 19.5 Å². The molecule has 1 aromatic carbocycles. The lowest BCUT2D eigenvalue weighted by molar-refractivity contribution is -0.119. The molecule has 0 fully saturated rings. The molecule has 150 valence electrons. The highest BCUT2D eigenvalue weighted by atomic mass is 32.1. The summed E-state index contributed by atoms with van der Waals surface area (Å²) in [7, 11) is 3.01. The van der Waals surface area contributed by atoms with Crippen LogP contribution in [0.2, 0.25) is 0 Å². The highest BCUT2D eigenvalue weighted by molar-refractivity contribution is 7.17. The fourth-order valence-electron chi connectivity index (χ4n) is 2.48. The maximum Gasteiger partial charge on any atom is 0.350 e. The van der Waals surface area contributed by atoms with E-state index in [0.29, 0.717) is 38.5 Å². The molecule has 0 unspecified atom stereocenters. The van der Waals surface area contributed by atoms with Gasteiger partial charge in [-0.05, 0) is 31.2 Å². The van der Waals surface area contributed by atoms with E-state index in [0.717, 1.165) is 0 Å². The number of amides is 1. The third-order valence-corrected chi connectivity index (χ3v) is 5.04. The highest BCUT2D eigenvalue weighted by Gasteiger charge is 2.19. The molecule has 2 heterocycles. The summed E-state index contributed by atoms with van der Waals surface area (Å²) in [5, 5.41) is 3.26. The molecule has 1 amide bonds. The summed E-state index contributed by atoms with van der Waals surface area (Å²) < 4.78 is 15.5. The van der Waals surface area contributed by atoms with Gasteiger partial charge in [-0.15, -0.1) is 11.3 Å². The molecule has 3 aromatic rings. The number of methoxy groups -OCH3 is 2. The Hall–Kier alpha value is -3.46. The number of hydrogen-bond acceptors (Lipinski definition) is 8. The zero-order valence-electron chi connectivity index (χ0n) is 16.1. The zero-order valence-corrected chi connectivity index (χ0v) is 16.9. The van der Waals surface area contributed by atoms with Gasteiger partial charge in [0.1, 0.15) is 21.4 Å². The van der Waals surface area contributed by atoms with Crippen molar-refractivity contribution in [2.24, 2.45) is 0 Å². The first-order valence-electron chi connectivity index (χ1n) is 8.59. The van der Waals surface area contributed by atoms with Crippen LogP contribution >= 0.6 is 11.3 Å². The van der Waals surface area contributed by atoms with Crippen LogP contribution in [0, 0.1) is 6.92 Å². The minimum absolute atomic E-state index is 0.331. The number of anilines is 1. The van der Waals surface area contributed by atoms with Crippen molar-refractivity contribution in [1.29, 1.82) is 0 Å². The third kappa shape index (κ3) is 4.88. The van der Waals surface area contributed by atoms with Crippen LogP contribution in [0.5, 0.6) is 11.5 Å². The van der Waals surface area contributed by atoms with Crippen molar-refractivity contribution >= 4 is 28.9 Å². The number of pyridine rings is 1. The molecule has 8 nitrogen and oxygen atoms in total. The summed E-state index contributed by atoms with van der Waals surface area (Å²) in [5.74, 6) is -0.101. The SMILES string of the molecule is COc1ccc(OC)c(NC(=O)COC(=O)c2sc(-c3ccccn3)nc2C)c1. The molecule has 0 saturated heterocycles. The monoisotopic (exact) mass is 413 g/mol. The smallest absolute Gasteiger partial charge is 0.350 e. The maximum absolute atomic E-state index is 12.4. The fourth-order valence-corrected chi connectivity index (χ4v) is 3.42. The van der Waals surface area contributed by atoms with E-state index in [-0.39, 0.29) is 0 Å². The van der Waals surface area contributed by atoms with Crippen LogP contribution in [0.15, 0.2) is 42.6 Å². The second-order valence-corrected chi connectivity index (χ2v) is 6.84. The number of nitrogens with zero attached hydrogens (tertiary/aromatic N) is 2. The largest absolute Gasteiger partial charge is 0.497 e. The molecule has 0 atom stereocenters. The van der Waals surface area contributed by atoms with E-state index >= 15 is 0 Å². The number of nitrogens with one attached hydrogen (secondary N) is 1. The number of carbonyl (C=O) groups excluding carboxylic acids is 2. The predicted molar refractivity (Wildman–Crippen MR) is 109 cm³/mol. The van der Waals surface area contributed by atoms with Crippen molar-refractivity contribution in [3.05, 3.63) is 53.2 Å². The number of esters is 1. The second-order valence-electron chi connectivity index (χ2n) is 5.84. The number of carbonyl (C=O) groups is 2. The summed E-state index contributed by atoms with van der Waals surface area (Å²) in [4.78, 5) is 33.5. The average Bonchev–Trinajstić information content (AvgIpc) is 3.14. The molecule has 2 aromatic heterocycles. The lowest BCUT2D eigenvalue weighted by Gasteiger charge is -2.11. The molecule has 0 radical (unpaired) electrons. The number of aromatic nitrogens is 2. The van der Waals surface area contributed by atoms with E-state index < -0.39 is 18.5 Å². The summed E-state index contributed by atoms with van der Waals surface area (Å²) in [6.45, 7) is 1.26. The Morgan fingerprint density at radius 3 is 2.66 bits per heavy atom. The number of ether oxygens (including phenoxy) is 3. The van der Waals surface area contributed by atoms with Crippen molar-refractivity contribution in [2.75, 3.05) is 26.1 Å². The minimum atomic E-state index is -0.616. The van der Waals surface area contributed by atoms with Gasteiger partial charge in [-0.2, -0.15) is 0 Å². The molecule has 29 heavy (non-hydrogen) atoms. The molecule has 0 aliphatic heterocycles. The summed E-state index contributed by atoms with van der Waals surface area (Å²) in [5.41, 5.74) is 1.61. The Labute approximate surface area is 171 Å². The molecule has 0 aliphatic rings. The van der Waals surface area contributed by atoms with Crippen molar-refractivity contribution in [1.82, 2.24) is 9.97 Å². The topological polar surface area (TPSA) is 99.6 Å². The van der Waals surface area contributed by atoms with E-state index in [1.54, 1.807) is 37.4 Å². The Morgan fingerprint density at radius 2 is 1.97 bits per heavy atom. The number of thiazole rings is 1. The van der Waals surface area contributed by atoms with Crippen LogP contribution < -0.4 is 14.8 Å². The van der Waals surface area contributed by atoms with Crippen molar-refractivity contribution < 1.29 is 23.8 Å². The van der Waals surface area contributed by atoms with E-state index in [1.807, 2.05) is 12.1 Å². The van der Waals surface area contributed by atoms with Crippen LogP contribution in [0.25, 0.3) is 10.7 Å².